The Hall–Kier alpha value is -1.12. The van der Waals surface area contributed by atoms with E-state index < -0.39 is 0 Å². The zero-order chi connectivity index (χ0) is 21.0. The molecule has 0 amide bonds. The minimum absolute atomic E-state index is 0.158. The lowest BCUT2D eigenvalue weighted by atomic mass is 9.98. The first kappa shape index (κ1) is 25.9. The van der Waals surface area contributed by atoms with Crippen molar-refractivity contribution in [2.75, 3.05) is 0 Å². The lowest BCUT2D eigenvalue weighted by Crippen LogP contribution is -2.06. The Kier molecular flexibility index (Phi) is 16.9. The summed E-state index contributed by atoms with van der Waals surface area (Å²) in [4.78, 5) is 22.4. The molecule has 0 aromatic heterocycles. The Morgan fingerprint density at radius 2 is 1.14 bits per heavy atom. The van der Waals surface area contributed by atoms with Crippen LogP contribution in [0.5, 0.6) is 0 Å². The second-order valence-electron chi connectivity index (χ2n) is 8.83. The summed E-state index contributed by atoms with van der Waals surface area (Å²) in [5.74, 6) is -0.801. The molecule has 0 aliphatic carbocycles. The summed E-state index contributed by atoms with van der Waals surface area (Å²) in [6.07, 6.45) is 29.7. The van der Waals surface area contributed by atoms with E-state index in [2.05, 4.69) is 23.8 Å². The van der Waals surface area contributed by atoms with Crippen LogP contribution in [-0.4, -0.2) is 11.9 Å². The van der Waals surface area contributed by atoms with Gasteiger partial charge in [0, 0.05) is 0 Å². The average Bonchev–Trinajstić information content (AvgIpc) is 3.03. The fourth-order valence-corrected chi connectivity index (χ4v) is 4.07. The normalized spacial score (nSPS) is 16.8. The van der Waals surface area contributed by atoms with Crippen molar-refractivity contribution in [2.24, 2.45) is 5.92 Å². The van der Waals surface area contributed by atoms with E-state index in [9.17, 15) is 9.59 Å². The van der Waals surface area contributed by atoms with Gasteiger partial charge in [-0.15, -0.1) is 0 Å². The fourth-order valence-electron chi connectivity index (χ4n) is 4.07. The lowest BCUT2D eigenvalue weighted by molar-refractivity contribution is -0.153. The van der Waals surface area contributed by atoms with Gasteiger partial charge in [0.1, 0.15) is 0 Å². The number of hydrogen-bond donors (Lipinski definition) is 0. The molecule has 1 unspecified atom stereocenters. The second kappa shape index (κ2) is 18.9. The molecule has 0 saturated carbocycles. The molecule has 1 saturated heterocycles. The molecule has 1 aliphatic rings. The largest absolute Gasteiger partial charge is 0.393 e. The Labute approximate surface area is 180 Å². The molecule has 0 radical (unpaired) electrons. The molecule has 0 aromatic rings. The summed E-state index contributed by atoms with van der Waals surface area (Å²) in [5, 5.41) is 0. The van der Waals surface area contributed by atoms with E-state index >= 15 is 0 Å². The van der Waals surface area contributed by atoms with E-state index in [1.165, 1.54) is 109 Å². The molecule has 1 fully saturated rings. The molecule has 3 heteroatoms. The number of ether oxygens (including phenoxy) is 1. The molecule has 168 valence electrons. The van der Waals surface area contributed by atoms with E-state index in [0.717, 1.165) is 12.8 Å². The van der Waals surface area contributed by atoms with Crippen molar-refractivity contribution >= 4 is 11.9 Å². The van der Waals surface area contributed by atoms with E-state index in [0.29, 0.717) is 6.42 Å². The van der Waals surface area contributed by atoms with Crippen molar-refractivity contribution < 1.29 is 14.3 Å². The van der Waals surface area contributed by atoms with Gasteiger partial charge in [0.15, 0.2) is 0 Å². The van der Waals surface area contributed by atoms with Gasteiger partial charge in [-0.2, -0.15) is 0 Å². The van der Waals surface area contributed by atoms with Gasteiger partial charge in [-0.3, -0.25) is 9.59 Å². The van der Waals surface area contributed by atoms with E-state index in [1.807, 2.05) is 0 Å². The third-order valence-electron chi connectivity index (χ3n) is 6.03. The number of carbonyl (C=O) groups excluding carboxylic acids is 2. The maximum Gasteiger partial charge on any atom is 0.317 e. The highest BCUT2D eigenvalue weighted by Gasteiger charge is 2.32. The number of unbranched alkanes of at least 4 members (excludes halogenated alkanes) is 16. The quantitative estimate of drug-likeness (QED) is 0.0888. The third-order valence-corrected chi connectivity index (χ3v) is 6.03. The molecule has 0 spiro atoms. The first-order chi connectivity index (χ1) is 14.2. The maximum atomic E-state index is 11.4. The Bertz CT molecular complexity index is 441. The highest BCUT2D eigenvalue weighted by Crippen LogP contribution is 2.22. The number of allylic oxidation sites excluding steroid dienone is 2. The van der Waals surface area contributed by atoms with Gasteiger partial charge in [-0.25, -0.2) is 0 Å². The van der Waals surface area contributed by atoms with Crippen LogP contribution in [0.4, 0.5) is 0 Å². The van der Waals surface area contributed by atoms with Crippen LogP contribution in [0.15, 0.2) is 12.2 Å². The van der Waals surface area contributed by atoms with Crippen molar-refractivity contribution in [1.29, 1.82) is 0 Å². The summed E-state index contributed by atoms with van der Waals surface area (Å²) >= 11 is 0. The molecule has 0 N–H and O–H groups in total. The van der Waals surface area contributed by atoms with E-state index in [4.69, 9.17) is 0 Å². The fraction of sp³-hybridized carbons (Fsp3) is 0.846. The summed E-state index contributed by atoms with van der Waals surface area (Å²) < 4.78 is 4.59. The zero-order valence-corrected chi connectivity index (χ0v) is 19.1. The summed E-state index contributed by atoms with van der Waals surface area (Å²) in [7, 11) is 0. The average molecular weight is 407 g/mol. The van der Waals surface area contributed by atoms with Crippen LogP contribution >= 0.6 is 0 Å². The number of hydrogen-bond acceptors (Lipinski definition) is 3. The van der Waals surface area contributed by atoms with Gasteiger partial charge < -0.3 is 4.74 Å². The van der Waals surface area contributed by atoms with E-state index in [1.54, 1.807) is 0 Å². The SMILES string of the molecule is CCCC/C=C/CCCCCCCCCCCCCCCCC1CC(=O)OC1=O. The number of cyclic esters (lactones) is 2. The first-order valence-corrected chi connectivity index (χ1v) is 12.6. The van der Waals surface area contributed by atoms with E-state index in [-0.39, 0.29) is 17.9 Å². The molecule has 3 nitrogen and oxygen atoms in total. The summed E-state index contributed by atoms with van der Waals surface area (Å²) in [6.45, 7) is 2.25. The monoisotopic (exact) mass is 406 g/mol. The standard InChI is InChI=1S/C26H46O3/c1-2-3-4-5-6-7-8-9-10-11-12-13-14-15-16-17-18-19-20-21-22-24-23-25(27)29-26(24)28/h5-6,24H,2-4,7-23H2,1H3/b6-5+. The number of esters is 2. The molecule has 1 rings (SSSR count). The van der Waals surface area contributed by atoms with Gasteiger partial charge in [-0.1, -0.05) is 115 Å². The minimum Gasteiger partial charge on any atom is -0.393 e. The smallest absolute Gasteiger partial charge is 0.317 e. The molecular formula is C26H46O3. The molecule has 0 aromatic carbocycles. The molecule has 29 heavy (non-hydrogen) atoms. The first-order valence-electron chi connectivity index (χ1n) is 12.6. The van der Waals surface area contributed by atoms with Crippen LogP contribution in [0.3, 0.4) is 0 Å². The topological polar surface area (TPSA) is 43.4 Å². The van der Waals surface area contributed by atoms with Crippen molar-refractivity contribution in [3.8, 4) is 0 Å². The van der Waals surface area contributed by atoms with Crippen LogP contribution in [0.1, 0.15) is 135 Å². The second-order valence-corrected chi connectivity index (χ2v) is 8.83. The van der Waals surface area contributed by atoms with Crippen molar-refractivity contribution in [2.45, 2.75) is 135 Å². The van der Waals surface area contributed by atoms with Gasteiger partial charge in [-0.05, 0) is 25.7 Å². The van der Waals surface area contributed by atoms with Crippen LogP contribution in [0.25, 0.3) is 0 Å². The van der Waals surface area contributed by atoms with Crippen LogP contribution in [0.2, 0.25) is 0 Å². The Morgan fingerprint density at radius 1 is 0.690 bits per heavy atom. The highest BCUT2D eigenvalue weighted by molar-refractivity contribution is 5.94. The van der Waals surface area contributed by atoms with Crippen molar-refractivity contribution in [3.63, 3.8) is 0 Å². The predicted molar refractivity (Wildman–Crippen MR) is 122 cm³/mol. The third kappa shape index (κ3) is 15.4. The molecule has 0 bridgehead atoms. The summed E-state index contributed by atoms with van der Waals surface area (Å²) in [6, 6.07) is 0. The molecule has 1 atom stereocenters. The van der Waals surface area contributed by atoms with Crippen LogP contribution in [-0.2, 0) is 14.3 Å². The van der Waals surface area contributed by atoms with Crippen molar-refractivity contribution in [1.82, 2.24) is 0 Å². The van der Waals surface area contributed by atoms with Crippen molar-refractivity contribution in [3.05, 3.63) is 12.2 Å². The highest BCUT2D eigenvalue weighted by atomic mass is 16.6. The van der Waals surface area contributed by atoms with Gasteiger partial charge in [0.2, 0.25) is 0 Å². The zero-order valence-electron chi connectivity index (χ0n) is 19.1. The molecule has 1 aliphatic heterocycles. The lowest BCUT2D eigenvalue weighted by Gasteiger charge is -2.05. The maximum absolute atomic E-state index is 11.4. The molecule has 1 heterocycles. The van der Waals surface area contributed by atoms with Gasteiger partial charge >= 0.3 is 11.9 Å². The number of carbonyl (C=O) groups is 2. The van der Waals surface area contributed by atoms with Gasteiger partial charge in [0.05, 0.1) is 12.3 Å². The number of rotatable bonds is 20. The Morgan fingerprint density at radius 3 is 1.59 bits per heavy atom. The van der Waals surface area contributed by atoms with Crippen LogP contribution in [0, 0.1) is 5.92 Å². The predicted octanol–water partition coefficient (Wildman–Crippen LogP) is 8.06. The molecular weight excluding hydrogens is 360 g/mol. The van der Waals surface area contributed by atoms with Gasteiger partial charge in [0.25, 0.3) is 0 Å². The summed E-state index contributed by atoms with van der Waals surface area (Å²) in [5.41, 5.74) is 0. The minimum atomic E-state index is -0.342. The Balaban J connectivity index is 1.70. The van der Waals surface area contributed by atoms with Crippen LogP contribution < -0.4 is 0 Å².